The Balaban J connectivity index is 1.19. The number of nitrogens with zero attached hydrogens (tertiary/aromatic N) is 2. The highest BCUT2D eigenvalue weighted by Crippen LogP contribution is 2.50. The third-order valence-corrected chi connectivity index (χ3v) is 12.8. The maximum Gasteiger partial charge on any atom is 0.412 e. The second-order valence-electron chi connectivity index (χ2n) is 16.8. The van der Waals surface area contributed by atoms with Crippen molar-refractivity contribution in [1.82, 2.24) is 4.90 Å². The molecule has 4 aliphatic heterocycles. The van der Waals surface area contributed by atoms with Crippen LogP contribution in [-0.2, 0) is 49.3 Å². The van der Waals surface area contributed by atoms with Crippen LogP contribution < -0.4 is 20.3 Å². The molecule has 4 aliphatic rings. The van der Waals surface area contributed by atoms with Crippen molar-refractivity contribution < 1.29 is 57.6 Å². The number of hydrogen-bond donors (Lipinski definition) is 3. The molecule has 6 rings (SSSR count). The first-order chi connectivity index (χ1) is 30.3. The van der Waals surface area contributed by atoms with E-state index >= 15 is 0 Å². The van der Waals surface area contributed by atoms with Crippen LogP contribution in [0.4, 0.5) is 21.9 Å². The highest BCUT2D eigenvalue weighted by atomic mass is 35.5. The molecule has 5 amide bonds. The number of unbranched alkanes of at least 4 members (excludes halogenated alkanes) is 2. The lowest BCUT2D eigenvalue weighted by molar-refractivity contribution is -0.187. The van der Waals surface area contributed by atoms with E-state index in [1.54, 1.807) is 51.2 Å². The van der Waals surface area contributed by atoms with Gasteiger partial charge in [0, 0.05) is 57.3 Å². The van der Waals surface area contributed by atoms with Gasteiger partial charge in [0.1, 0.15) is 40.3 Å². The summed E-state index contributed by atoms with van der Waals surface area (Å²) in [5.74, 6) is -2.22. The molecule has 64 heavy (non-hydrogen) atoms. The number of epoxide rings is 1. The van der Waals surface area contributed by atoms with Gasteiger partial charge in [-0.2, -0.15) is 0 Å². The van der Waals surface area contributed by atoms with Gasteiger partial charge in [-0.1, -0.05) is 60.3 Å². The third kappa shape index (κ3) is 11.2. The van der Waals surface area contributed by atoms with E-state index in [1.807, 2.05) is 13.0 Å². The van der Waals surface area contributed by atoms with Crippen molar-refractivity contribution >= 4 is 76.0 Å². The average Bonchev–Trinajstić information content (AvgIpc) is 3.84. The van der Waals surface area contributed by atoms with Crippen molar-refractivity contribution in [1.29, 1.82) is 0 Å². The fourth-order valence-electron chi connectivity index (χ4n) is 8.43. The number of nitrogens with one attached hydrogen (secondary N) is 2. The number of aliphatic hydroxyl groups is 1. The molecule has 0 aromatic heterocycles. The van der Waals surface area contributed by atoms with E-state index in [1.165, 1.54) is 43.4 Å². The van der Waals surface area contributed by atoms with E-state index in [9.17, 15) is 33.9 Å². The lowest BCUT2D eigenvalue weighted by atomic mass is 9.78. The second kappa shape index (κ2) is 20.3. The van der Waals surface area contributed by atoms with Crippen molar-refractivity contribution in [3.8, 4) is 5.75 Å². The van der Waals surface area contributed by atoms with Gasteiger partial charge < -0.3 is 39.0 Å². The van der Waals surface area contributed by atoms with Crippen LogP contribution in [0.25, 0.3) is 0 Å². The summed E-state index contributed by atoms with van der Waals surface area (Å²) in [7, 11) is 4.49. The smallest absolute Gasteiger partial charge is 0.412 e. The summed E-state index contributed by atoms with van der Waals surface area (Å²) >= 11 is 13.3. The zero-order valence-corrected chi connectivity index (χ0v) is 38.1. The number of benzene rings is 2. The number of hydrogen-bond acceptors (Lipinski definition) is 12. The van der Waals surface area contributed by atoms with Gasteiger partial charge >= 0.3 is 12.1 Å². The highest BCUT2D eigenvalue weighted by Gasteiger charge is 2.64. The quantitative estimate of drug-likeness (QED) is 0.0933. The van der Waals surface area contributed by atoms with Gasteiger partial charge in [-0.3, -0.25) is 34.2 Å². The minimum Gasteiger partial charge on any atom is -0.495 e. The number of halogens is 2. The second-order valence-corrected chi connectivity index (χ2v) is 17.6. The van der Waals surface area contributed by atoms with Gasteiger partial charge in [-0.15, -0.1) is 0 Å². The van der Waals surface area contributed by atoms with Gasteiger partial charge in [0.2, 0.25) is 11.8 Å². The number of anilines is 3. The average molecular weight is 926 g/mol. The van der Waals surface area contributed by atoms with Crippen molar-refractivity contribution in [2.45, 2.75) is 108 Å². The molecule has 0 radical (unpaired) electrons. The number of allylic oxidation sites excluding steroid dienone is 3. The first-order valence-corrected chi connectivity index (χ1v) is 21.8. The van der Waals surface area contributed by atoms with Crippen molar-refractivity contribution in [2.24, 2.45) is 5.92 Å². The third-order valence-electron chi connectivity index (χ3n) is 12.1. The molecule has 344 valence electrons. The van der Waals surface area contributed by atoms with Gasteiger partial charge in [0.05, 0.1) is 42.5 Å². The maximum absolute atomic E-state index is 14.2. The Morgan fingerprint density at radius 3 is 2.44 bits per heavy atom. The Bertz CT molecular complexity index is 2250. The van der Waals surface area contributed by atoms with Crippen LogP contribution in [0, 0.1) is 5.92 Å². The predicted molar refractivity (Wildman–Crippen MR) is 238 cm³/mol. The molecule has 0 aliphatic carbocycles. The number of carbonyl (C=O) groups excluding carboxylic acids is 6. The lowest BCUT2D eigenvalue weighted by Gasteiger charge is -2.41. The summed E-state index contributed by atoms with van der Waals surface area (Å²) in [6.07, 6.45) is 5.00. The molecule has 4 heterocycles. The lowest BCUT2D eigenvalue weighted by Crippen LogP contribution is -2.53. The fourth-order valence-corrected chi connectivity index (χ4v) is 8.97. The van der Waals surface area contributed by atoms with E-state index in [0.29, 0.717) is 42.8 Å². The molecule has 7 atom stereocenters. The summed E-state index contributed by atoms with van der Waals surface area (Å²) in [4.78, 5) is 79.6. The molecule has 0 unspecified atom stereocenters. The van der Waals surface area contributed by atoms with Gasteiger partial charge in [0.25, 0.3) is 11.8 Å². The van der Waals surface area contributed by atoms with Crippen LogP contribution in [0.5, 0.6) is 5.75 Å². The number of esters is 1. The van der Waals surface area contributed by atoms with E-state index in [4.69, 9.17) is 46.9 Å². The van der Waals surface area contributed by atoms with E-state index in [0.717, 1.165) is 16.0 Å². The van der Waals surface area contributed by atoms with Crippen LogP contribution >= 0.6 is 23.2 Å². The number of methoxy groups -OCH3 is 2. The molecule has 2 aromatic carbocycles. The molecule has 0 spiro atoms. The maximum atomic E-state index is 14.2. The predicted octanol–water partition coefficient (Wildman–Crippen LogP) is 6.70. The molecule has 18 heteroatoms. The molecule has 2 aromatic rings. The Morgan fingerprint density at radius 1 is 1.02 bits per heavy atom. The molecule has 3 N–H and O–H groups in total. The molecular formula is C46H54Cl2N4O12. The minimum atomic E-state index is -1.61. The first kappa shape index (κ1) is 48.2. The Morgan fingerprint density at radius 2 is 1.75 bits per heavy atom. The zero-order chi connectivity index (χ0) is 46.5. The van der Waals surface area contributed by atoms with Gasteiger partial charge in [-0.05, 0) is 69.0 Å². The SMILES string of the molecule is COc1cc2cc(c1Cl)N(C)C(=O)C[C@H](OC(=O)Nc1ccc(NC(=O)CCCCCN3C(=O)C=CC3=O)cc1Cl)[C@]1(C)O[C@H]1[C@H](C)[C@@H]1C[C@@](O)(CC(=O)O1)[C@H](OC)/C=C/C=C(\C)C2. The zero-order valence-electron chi connectivity index (χ0n) is 36.6. The Kier molecular flexibility index (Phi) is 15.3. The number of rotatable bonds is 11. The van der Waals surface area contributed by atoms with Gasteiger partial charge in [0.15, 0.2) is 0 Å². The van der Waals surface area contributed by atoms with Crippen molar-refractivity contribution in [3.63, 3.8) is 0 Å². The molecule has 2 saturated heterocycles. The van der Waals surface area contributed by atoms with E-state index in [2.05, 4.69) is 10.6 Å². The normalized spacial score (nSPS) is 28.5. The number of imide groups is 1. The largest absolute Gasteiger partial charge is 0.495 e. The van der Waals surface area contributed by atoms with Gasteiger partial charge in [-0.25, -0.2) is 4.79 Å². The molecule has 4 bridgehead atoms. The number of ether oxygens (including phenoxy) is 5. The van der Waals surface area contributed by atoms with Crippen LogP contribution in [0.2, 0.25) is 10.0 Å². The molecule has 16 nitrogen and oxygen atoms in total. The monoisotopic (exact) mass is 924 g/mol. The summed E-state index contributed by atoms with van der Waals surface area (Å²) in [5, 5.41) is 17.6. The molecular weight excluding hydrogens is 871 g/mol. The summed E-state index contributed by atoms with van der Waals surface area (Å²) in [6, 6.07) is 8.07. The van der Waals surface area contributed by atoms with Crippen molar-refractivity contribution in [2.75, 3.05) is 43.3 Å². The first-order valence-electron chi connectivity index (χ1n) is 21.1. The van der Waals surface area contributed by atoms with Crippen molar-refractivity contribution in [3.05, 3.63) is 81.9 Å². The van der Waals surface area contributed by atoms with Crippen LogP contribution in [-0.4, -0.2) is 109 Å². The Labute approximate surface area is 381 Å². The fraction of sp³-hybridized carbons (Fsp3) is 0.478. The van der Waals surface area contributed by atoms with Crippen LogP contribution in [0.3, 0.4) is 0 Å². The summed E-state index contributed by atoms with van der Waals surface area (Å²) < 4.78 is 29.4. The topological polar surface area (TPSA) is 203 Å². The summed E-state index contributed by atoms with van der Waals surface area (Å²) in [5.41, 5.74) is -0.257. The van der Waals surface area contributed by atoms with E-state index < -0.39 is 59.5 Å². The standard InChI is InChI=1S/C46H54Cl2N4O12/c1-26-11-10-12-35(61-6)46(59)24-34(62-41(57)25-46)27(2)43-45(3,64-43)36(23-40(56)51(4)32-20-28(19-26)21-33(60-5)42(32)48)63-44(58)50-31-15-14-29(22-30(31)47)49-37(53)13-8-7-9-18-52-38(54)16-17-39(52)55/h10-12,14-17,20-22,27,34-36,43,59H,7-9,13,18-19,23-25H2,1-6H3,(H,49,53)(H,50,58)/b12-10+,26-11+/t27-,34+,35-,36+,43+,45+,46-/m1/s1. The van der Waals surface area contributed by atoms with Crippen LogP contribution in [0.1, 0.15) is 71.3 Å². The number of carbonyl (C=O) groups is 6. The minimum absolute atomic E-state index is 0.0252. The van der Waals surface area contributed by atoms with Crippen LogP contribution in [0.15, 0.2) is 66.3 Å². The molecule has 0 saturated carbocycles. The number of amides is 5. The Hall–Kier alpha value is -5.26. The summed E-state index contributed by atoms with van der Waals surface area (Å²) in [6.45, 7) is 5.70. The number of fused-ring (bicyclic) bond motifs is 5. The molecule has 2 fully saturated rings. The van der Waals surface area contributed by atoms with E-state index in [-0.39, 0.29) is 65.7 Å². The highest BCUT2D eigenvalue weighted by molar-refractivity contribution is 6.35.